The number of quaternary nitrogens is 1. The Balaban J connectivity index is 1.33. The number of nitrogens with zero attached hydrogens (tertiary/aromatic N) is 4. The van der Waals surface area contributed by atoms with Crippen molar-refractivity contribution in [3.63, 3.8) is 0 Å². The minimum Gasteiger partial charge on any atom is -0.355 e. The molecule has 1 aromatic heterocycles. The van der Waals surface area contributed by atoms with E-state index >= 15 is 0 Å². The van der Waals surface area contributed by atoms with Gasteiger partial charge in [0, 0.05) is 42.6 Å². The molecule has 9 heteroatoms. The van der Waals surface area contributed by atoms with Crippen molar-refractivity contribution in [1.82, 2.24) is 20.3 Å². The topological polar surface area (TPSA) is 76.9 Å². The first-order valence-electron chi connectivity index (χ1n) is 15.2. The molecule has 226 valence electrons. The molecular weight excluding hydrogens is 563 g/mol. The third-order valence-corrected chi connectivity index (χ3v) is 10.9. The number of likely N-dealkylation sites (tertiary alicyclic amines) is 1. The van der Waals surface area contributed by atoms with Crippen LogP contribution in [0.5, 0.6) is 0 Å². The maximum atomic E-state index is 13.9. The van der Waals surface area contributed by atoms with Gasteiger partial charge in [0.05, 0.1) is 31.4 Å². The molecule has 7 nitrogen and oxygen atoms in total. The number of hydrogen-bond acceptors (Lipinski definition) is 6. The average Bonchev–Trinajstić information content (AvgIpc) is 3.38. The fourth-order valence-corrected chi connectivity index (χ4v) is 8.04. The number of nitrogens with one attached hydrogen (secondary N) is 1. The van der Waals surface area contributed by atoms with Crippen molar-refractivity contribution in [3.05, 3.63) is 76.6 Å². The molecule has 1 saturated heterocycles. The average molecular weight is 609 g/mol. The summed E-state index contributed by atoms with van der Waals surface area (Å²) in [6.07, 6.45) is 8.08. The van der Waals surface area contributed by atoms with Crippen LogP contribution in [0.3, 0.4) is 0 Å². The highest BCUT2D eigenvalue weighted by atomic mass is 33.1. The van der Waals surface area contributed by atoms with Gasteiger partial charge in [0.2, 0.25) is 5.91 Å². The highest BCUT2D eigenvalue weighted by Gasteiger charge is 2.43. The van der Waals surface area contributed by atoms with Crippen molar-refractivity contribution in [2.75, 3.05) is 25.4 Å². The van der Waals surface area contributed by atoms with E-state index in [1.54, 1.807) is 39.5 Å². The molecule has 0 radical (unpaired) electrons. The van der Waals surface area contributed by atoms with Gasteiger partial charge in [-0.05, 0) is 61.9 Å². The van der Waals surface area contributed by atoms with E-state index < -0.39 is 0 Å². The summed E-state index contributed by atoms with van der Waals surface area (Å²) >= 11 is 0. The fraction of sp³-hybridized carbons (Fsp3) is 0.515. The predicted molar refractivity (Wildman–Crippen MR) is 173 cm³/mol. The summed E-state index contributed by atoms with van der Waals surface area (Å²) in [6.45, 7) is 10.2. The summed E-state index contributed by atoms with van der Waals surface area (Å²) in [4.78, 5) is 27.3. The summed E-state index contributed by atoms with van der Waals surface area (Å²) in [5.74, 6) is 1.22. The van der Waals surface area contributed by atoms with E-state index in [2.05, 4.69) is 78.9 Å². The molecule has 3 aromatic rings. The number of unbranched alkanes of at least 4 members (excludes halogenated alkanes) is 1. The van der Waals surface area contributed by atoms with Crippen LogP contribution in [0.4, 0.5) is 0 Å². The van der Waals surface area contributed by atoms with E-state index in [1.807, 2.05) is 0 Å². The number of benzene rings is 2. The van der Waals surface area contributed by atoms with Crippen LogP contribution in [-0.4, -0.2) is 62.6 Å². The van der Waals surface area contributed by atoms with Crippen LogP contribution in [0.2, 0.25) is 0 Å². The molecule has 0 aliphatic carbocycles. The highest BCUT2D eigenvalue weighted by molar-refractivity contribution is 8.76. The molecule has 1 aliphatic rings. The SMILES string of the molecule is CCCC[N+]1(Cc2ccc(SSCCNC(=O)Cc3cnnn3C)cc2)CCCCC1C(=O)Cc1c(C)cccc1C. The van der Waals surface area contributed by atoms with E-state index in [0.717, 1.165) is 61.2 Å². The number of aryl methyl sites for hydroxylation is 3. The second-order valence-electron chi connectivity index (χ2n) is 11.6. The number of amides is 1. The number of hydrogen-bond donors (Lipinski definition) is 1. The number of carbonyl (C=O) groups is 2. The number of rotatable bonds is 15. The molecular formula is C33H46N5O2S2+. The molecule has 2 atom stereocenters. The first-order chi connectivity index (χ1) is 20.3. The Bertz CT molecular complexity index is 1310. The van der Waals surface area contributed by atoms with Gasteiger partial charge in [-0.25, -0.2) is 0 Å². The molecule has 0 bridgehead atoms. The van der Waals surface area contributed by atoms with Crippen LogP contribution in [0.1, 0.15) is 67.0 Å². The zero-order chi connectivity index (χ0) is 30.0. The Morgan fingerprint density at radius 2 is 1.83 bits per heavy atom. The summed E-state index contributed by atoms with van der Waals surface area (Å²) in [5.41, 5.74) is 5.77. The van der Waals surface area contributed by atoms with E-state index in [1.165, 1.54) is 33.6 Å². The van der Waals surface area contributed by atoms with Crippen LogP contribution in [-0.2, 0) is 36.0 Å². The maximum Gasteiger partial charge on any atom is 0.226 e. The minimum atomic E-state index is -0.0148. The van der Waals surface area contributed by atoms with Crippen molar-refractivity contribution >= 4 is 33.3 Å². The van der Waals surface area contributed by atoms with Crippen LogP contribution in [0.15, 0.2) is 53.6 Å². The van der Waals surface area contributed by atoms with Crippen molar-refractivity contribution < 1.29 is 14.1 Å². The minimum absolute atomic E-state index is 0.0148. The molecule has 1 N–H and O–H groups in total. The lowest BCUT2D eigenvalue weighted by atomic mass is 9.88. The second kappa shape index (κ2) is 15.7. The molecule has 0 saturated carbocycles. The lowest BCUT2D eigenvalue weighted by Crippen LogP contribution is -2.61. The van der Waals surface area contributed by atoms with E-state index in [0.29, 0.717) is 25.2 Å². The molecule has 4 rings (SSSR count). The Kier molecular flexibility index (Phi) is 12.1. The number of ketones is 1. The molecule has 1 fully saturated rings. The van der Waals surface area contributed by atoms with E-state index in [-0.39, 0.29) is 11.9 Å². The van der Waals surface area contributed by atoms with Crippen molar-refractivity contribution in [1.29, 1.82) is 0 Å². The summed E-state index contributed by atoms with van der Waals surface area (Å²) in [5, 5.41) is 10.7. The van der Waals surface area contributed by atoms with Crippen LogP contribution in [0.25, 0.3) is 0 Å². The van der Waals surface area contributed by atoms with Crippen LogP contribution in [0, 0.1) is 13.8 Å². The van der Waals surface area contributed by atoms with E-state index in [9.17, 15) is 9.59 Å². The first-order valence-corrected chi connectivity index (χ1v) is 17.6. The Hall–Kier alpha value is -2.62. The zero-order valence-corrected chi connectivity index (χ0v) is 27.2. The standard InChI is InChI=1S/C33H45N5O2S2/c1-5-6-18-38(19-8-7-12-31(38)32(39)22-30-25(2)10-9-11-26(30)3)24-27-13-15-29(16-14-27)42-41-20-17-34-33(40)21-28-23-35-36-37(28)4/h9-11,13-16,23,31H,5-8,12,17-22,24H2,1-4H3/p+1. The van der Waals surface area contributed by atoms with Gasteiger partial charge >= 0.3 is 0 Å². The highest BCUT2D eigenvalue weighted by Crippen LogP contribution is 2.34. The van der Waals surface area contributed by atoms with Crippen molar-refractivity contribution in [3.8, 4) is 0 Å². The number of Topliss-reactive ketones (excluding diaryl/α,β-unsaturated/α-hetero) is 1. The van der Waals surface area contributed by atoms with Crippen molar-refractivity contribution in [2.45, 2.75) is 83.2 Å². The molecule has 2 unspecified atom stereocenters. The quantitative estimate of drug-likeness (QED) is 0.129. The van der Waals surface area contributed by atoms with Gasteiger partial charge in [0.15, 0.2) is 5.78 Å². The fourth-order valence-electron chi connectivity index (χ4n) is 6.14. The van der Waals surface area contributed by atoms with Gasteiger partial charge in [-0.1, -0.05) is 70.5 Å². The summed E-state index contributed by atoms with van der Waals surface area (Å²) < 4.78 is 2.52. The first kappa shape index (κ1) is 32.3. The molecule has 42 heavy (non-hydrogen) atoms. The third kappa shape index (κ3) is 8.71. The van der Waals surface area contributed by atoms with Gasteiger partial charge in [-0.15, -0.1) is 5.10 Å². The van der Waals surface area contributed by atoms with Crippen molar-refractivity contribution in [2.24, 2.45) is 7.05 Å². The normalized spacial score (nSPS) is 18.6. The molecule has 2 aromatic carbocycles. The van der Waals surface area contributed by atoms with Crippen LogP contribution < -0.4 is 5.32 Å². The molecule has 0 spiro atoms. The number of piperidine rings is 1. The van der Waals surface area contributed by atoms with Gasteiger partial charge < -0.3 is 9.80 Å². The predicted octanol–water partition coefficient (Wildman–Crippen LogP) is 6.01. The van der Waals surface area contributed by atoms with Gasteiger partial charge in [0.25, 0.3) is 0 Å². The molecule has 2 heterocycles. The largest absolute Gasteiger partial charge is 0.355 e. The lowest BCUT2D eigenvalue weighted by Gasteiger charge is -2.47. The maximum absolute atomic E-state index is 13.9. The van der Waals surface area contributed by atoms with E-state index in [4.69, 9.17) is 0 Å². The van der Waals surface area contributed by atoms with Gasteiger partial charge in [0.1, 0.15) is 12.6 Å². The monoisotopic (exact) mass is 608 g/mol. The smallest absolute Gasteiger partial charge is 0.226 e. The third-order valence-electron chi connectivity index (χ3n) is 8.55. The van der Waals surface area contributed by atoms with Gasteiger partial charge in [-0.3, -0.25) is 14.3 Å². The van der Waals surface area contributed by atoms with Crippen LogP contribution >= 0.6 is 21.6 Å². The Morgan fingerprint density at radius 3 is 2.52 bits per heavy atom. The summed E-state index contributed by atoms with van der Waals surface area (Å²) in [6, 6.07) is 15.3. The summed E-state index contributed by atoms with van der Waals surface area (Å²) in [7, 11) is 5.27. The zero-order valence-electron chi connectivity index (χ0n) is 25.6. The Labute approximate surface area is 259 Å². The molecule has 1 aliphatic heterocycles. The lowest BCUT2D eigenvalue weighted by molar-refractivity contribution is -0.959. The Morgan fingerprint density at radius 1 is 1.07 bits per heavy atom. The molecule has 1 amide bonds. The number of carbonyl (C=O) groups excluding carboxylic acids is 2. The second-order valence-corrected chi connectivity index (χ2v) is 14.1. The number of aromatic nitrogens is 3. The van der Waals surface area contributed by atoms with Gasteiger partial charge in [-0.2, -0.15) is 0 Å².